The number of fused-ring (bicyclic) bond motifs is 2. The molecule has 0 heterocycles. The number of aliphatic carboxylic acids is 1. The second kappa shape index (κ2) is 13.1. The molecule has 0 aliphatic heterocycles. The van der Waals surface area contributed by atoms with Gasteiger partial charge in [-0.25, -0.2) is 0 Å². The number of carbonyl (C=O) groups is 2. The summed E-state index contributed by atoms with van der Waals surface area (Å²) in [4.78, 5) is 27.3. The Kier molecular flexibility index (Phi) is 10.8. The zero-order valence-corrected chi connectivity index (χ0v) is 18.8. The SMILES string of the molecule is CCCCCCCCN(CCCCCCCC)C(=O)C1C2C=CC(C2)C1C(=O)O. The van der Waals surface area contributed by atoms with Crippen molar-refractivity contribution in [3.8, 4) is 0 Å². The molecule has 1 amide bonds. The van der Waals surface area contributed by atoms with Gasteiger partial charge < -0.3 is 10.0 Å². The average Bonchev–Trinajstić information content (AvgIpc) is 3.32. The molecule has 0 saturated heterocycles. The zero-order valence-electron chi connectivity index (χ0n) is 18.8. The van der Waals surface area contributed by atoms with Gasteiger partial charge in [-0.2, -0.15) is 0 Å². The van der Waals surface area contributed by atoms with Crippen LogP contribution < -0.4 is 0 Å². The lowest BCUT2D eigenvalue weighted by Gasteiger charge is -2.31. The van der Waals surface area contributed by atoms with Gasteiger partial charge in [-0.15, -0.1) is 0 Å². The van der Waals surface area contributed by atoms with Gasteiger partial charge in [-0.05, 0) is 31.1 Å². The van der Waals surface area contributed by atoms with E-state index in [-0.39, 0.29) is 23.7 Å². The van der Waals surface area contributed by atoms with E-state index in [9.17, 15) is 14.7 Å². The van der Waals surface area contributed by atoms with E-state index in [0.29, 0.717) is 0 Å². The second-order valence-corrected chi connectivity index (χ2v) is 9.20. The van der Waals surface area contributed by atoms with Crippen LogP contribution >= 0.6 is 0 Å². The van der Waals surface area contributed by atoms with Gasteiger partial charge in [-0.1, -0.05) is 90.2 Å². The van der Waals surface area contributed by atoms with Crippen molar-refractivity contribution >= 4 is 11.9 Å². The number of hydrogen-bond donors (Lipinski definition) is 1. The summed E-state index contributed by atoms with van der Waals surface area (Å²) in [5, 5.41) is 9.72. The molecule has 166 valence electrons. The van der Waals surface area contributed by atoms with Gasteiger partial charge in [0.2, 0.25) is 5.91 Å². The van der Waals surface area contributed by atoms with Gasteiger partial charge in [0, 0.05) is 13.1 Å². The minimum absolute atomic E-state index is 0.0522. The van der Waals surface area contributed by atoms with Crippen molar-refractivity contribution in [2.75, 3.05) is 13.1 Å². The number of carbonyl (C=O) groups excluding carboxylic acids is 1. The van der Waals surface area contributed by atoms with Crippen LogP contribution in [0.5, 0.6) is 0 Å². The lowest BCUT2D eigenvalue weighted by molar-refractivity contribution is -0.151. The quantitative estimate of drug-likeness (QED) is 0.251. The largest absolute Gasteiger partial charge is 0.481 e. The number of amides is 1. The van der Waals surface area contributed by atoms with Gasteiger partial charge in [0.25, 0.3) is 0 Å². The monoisotopic (exact) mass is 405 g/mol. The molecule has 1 N–H and O–H groups in total. The first kappa shape index (κ1) is 24.0. The average molecular weight is 406 g/mol. The first-order chi connectivity index (χ1) is 14.1. The number of hydrogen-bond acceptors (Lipinski definition) is 2. The highest BCUT2D eigenvalue weighted by Crippen LogP contribution is 2.48. The Balaban J connectivity index is 1.89. The van der Waals surface area contributed by atoms with Gasteiger partial charge in [0.1, 0.15) is 0 Å². The maximum Gasteiger partial charge on any atom is 0.307 e. The molecule has 2 bridgehead atoms. The van der Waals surface area contributed by atoms with Crippen LogP contribution in [-0.4, -0.2) is 35.0 Å². The molecule has 4 heteroatoms. The first-order valence-electron chi connectivity index (χ1n) is 12.3. The van der Waals surface area contributed by atoms with E-state index in [0.717, 1.165) is 32.4 Å². The third-order valence-electron chi connectivity index (χ3n) is 6.90. The molecule has 1 fully saturated rings. The fourth-order valence-corrected chi connectivity index (χ4v) is 5.20. The summed E-state index contributed by atoms with van der Waals surface area (Å²) in [6, 6.07) is 0. The van der Waals surface area contributed by atoms with E-state index in [2.05, 4.69) is 19.9 Å². The number of allylic oxidation sites excluding steroid dienone is 2. The molecule has 2 aliphatic rings. The normalized spacial score (nSPS) is 24.9. The molecule has 2 aliphatic carbocycles. The van der Waals surface area contributed by atoms with E-state index in [1.54, 1.807) is 0 Å². The topological polar surface area (TPSA) is 57.6 Å². The summed E-state index contributed by atoms with van der Waals surface area (Å²) in [7, 11) is 0. The van der Waals surface area contributed by atoms with Crippen LogP contribution in [0.25, 0.3) is 0 Å². The molecule has 0 aromatic carbocycles. The van der Waals surface area contributed by atoms with Crippen LogP contribution in [0.4, 0.5) is 0 Å². The molecular weight excluding hydrogens is 362 g/mol. The molecule has 2 rings (SSSR count). The summed E-state index contributed by atoms with van der Waals surface area (Å²) in [6.45, 7) is 6.04. The summed E-state index contributed by atoms with van der Waals surface area (Å²) in [5.74, 6) is -1.37. The number of carboxylic acid groups (broad SMARTS) is 1. The minimum atomic E-state index is -0.792. The highest BCUT2D eigenvalue weighted by Gasteiger charge is 2.52. The highest BCUT2D eigenvalue weighted by atomic mass is 16.4. The lowest BCUT2D eigenvalue weighted by atomic mass is 9.82. The maximum atomic E-state index is 13.4. The summed E-state index contributed by atoms with van der Waals surface area (Å²) in [6.07, 6.45) is 19.5. The Morgan fingerprint density at radius 1 is 0.759 bits per heavy atom. The van der Waals surface area contributed by atoms with Crippen molar-refractivity contribution in [3.63, 3.8) is 0 Å². The summed E-state index contributed by atoms with van der Waals surface area (Å²) in [5.41, 5.74) is 0. The molecule has 0 spiro atoms. The van der Waals surface area contributed by atoms with E-state index >= 15 is 0 Å². The number of rotatable bonds is 16. The molecule has 4 unspecified atom stereocenters. The van der Waals surface area contributed by atoms with E-state index in [1.807, 2.05) is 11.0 Å². The van der Waals surface area contributed by atoms with Gasteiger partial charge in [-0.3, -0.25) is 9.59 Å². The van der Waals surface area contributed by atoms with Crippen molar-refractivity contribution in [3.05, 3.63) is 12.2 Å². The predicted octanol–water partition coefficient (Wildman–Crippen LogP) is 6.06. The maximum absolute atomic E-state index is 13.4. The van der Waals surface area contributed by atoms with Crippen molar-refractivity contribution in [2.24, 2.45) is 23.7 Å². The molecule has 4 nitrogen and oxygen atoms in total. The molecule has 0 aromatic rings. The Morgan fingerprint density at radius 2 is 1.21 bits per heavy atom. The van der Waals surface area contributed by atoms with Crippen molar-refractivity contribution in [1.29, 1.82) is 0 Å². The molecule has 0 radical (unpaired) electrons. The Hall–Kier alpha value is -1.32. The van der Waals surface area contributed by atoms with Gasteiger partial charge in [0.15, 0.2) is 0 Å². The molecule has 1 saturated carbocycles. The van der Waals surface area contributed by atoms with Gasteiger partial charge >= 0.3 is 5.97 Å². The van der Waals surface area contributed by atoms with Crippen LogP contribution in [-0.2, 0) is 9.59 Å². The van der Waals surface area contributed by atoms with Crippen LogP contribution in [0, 0.1) is 23.7 Å². The van der Waals surface area contributed by atoms with Crippen LogP contribution in [0.3, 0.4) is 0 Å². The van der Waals surface area contributed by atoms with Crippen molar-refractivity contribution < 1.29 is 14.7 Å². The zero-order chi connectivity index (χ0) is 21.1. The van der Waals surface area contributed by atoms with Crippen LogP contribution in [0.2, 0.25) is 0 Å². The predicted molar refractivity (Wildman–Crippen MR) is 119 cm³/mol. The van der Waals surface area contributed by atoms with Crippen LogP contribution in [0.15, 0.2) is 12.2 Å². The van der Waals surface area contributed by atoms with E-state index < -0.39 is 11.9 Å². The van der Waals surface area contributed by atoms with Gasteiger partial charge in [0.05, 0.1) is 11.8 Å². The summed E-state index contributed by atoms with van der Waals surface area (Å²) >= 11 is 0. The standard InChI is InChI=1S/C25H43NO3/c1-3-5-7-9-11-13-17-26(18-14-12-10-8-6-4-2)24(27)22-20-15-16-21(19-20)23(22)25(28)29/h15-16,20-23H,3-14,17-19H2,1-2H3,(H,28,29). The smallest absolute Gasteiger partial charge is 0.307 e. The Morgan fingerprint density at radius 3 is 1.69 bits per heavy atom. The number of nitrogens with zero attached hydrogens (tertiary/aromatic N) is 1. The fourth-order valence-electron chi connectivity index (χ4n) is 5.20. The molecule has 4 atom stereocenters. The van der Waals surface area contributed by atoms with E-state index in [4.69, 9.17) is 0 Å². The van der Waals surface area contributed by atoms with Crippen molar-refractivity contribution in [2.45, 2.75) is 97.3 Å². The second-order valence-electron chi connectivity index (χ2n) is 9.20. The highest BCUT2D eigenvalue weighted by molar-refractivity contribution is 5.87. The molecule has 0 aromatic heterocycles. The van der Waals surface area contributed by atoms with E-state index in [1.165, 1.54) is 64.2 Å². The van der Waals surface area contributed by atoms with Crippen LogP contribution in [0.1, 0.15) is 97.3 Å². The Labute approximate surface area is 178 Å². The third kappa shape index (κ3) is 7.15. The third-order valence-corrected chi connectivity index (χ3v) is 6.90. The summed E-state index contributed by atoms with van der Waals surface area (Å²) < 4.78 is 0. The fraction of sp³-hybridized carbons (Fsp3) is 0.840. The molecular formula is C25H43NO3. The minimum Gasteiger partial charge on any atom is -0.481 e. The number of carboxylic acids is 1. The lowest BCUT2D eigenvalue weighted by Crippen LogP contribution is -2.43. The Bertz CT molecular complexity index is 514. The number of unbranched alkanes of at least 4 members (excludes halogenated alkanes) is 10. The van der Waals surface area contributed by atoms with Crippen molar-refractivity contribution in [1.82, 2.24) is 4.90 Å². The first-order valence-corrected chi connectivity index (χ1v) is 12.3. The molecule has 29 heavy (non-hydrogen) atoms.